The molecule has 1 aliphatic carbocycles. The van der Waals surface area contributed by atoms with Crippen LogP contribution in [0.3, 0.4) is 0 Å². The van der Waals surface area contributed by atoms with Crippen molar-refractivity contribution in [3.05, 3.63) is 118 Å². The zero-order valence-corrected chi connectivity index (χ0v) is 19.2. The van der Waals surface area contributed by atoms with Crippen LogP contribution in [0, 0.1) is 16.7 Å². The number of benzene rings is 3. The van der Waals surface area contributed by atoms with E-state index in [2.05, 4.69) is 11.2 Å². The van der Waals surface area contributed by atoms with E-state index in [4.69, 9.17) is 17.3 Å². The van der Waals surface area contributed by atoms with E-state index in [0.717, 1.165) is 11.1 Å². The summed E-state index contributed by atoms with van der Waals surface area (Å²) in [6.45, 7) is 1.79. The number of para-hydroxylation sites is 1. The van der Waals surface area contributed by atoms with Crippen LogP contribution in [0.2, 0.25) is 5.02 Å². The van der Waals surface area contributed by atoms with Gasteiger partial charge in [-0.15, -0.1) is 0 Å². The van der Waals surface area contributed by atoms with Crippen LogP contribution in [0.1, 0.15) is 24.0 Å². The van der Waals surface area contributed by atoms with Crippen molar-refractivity contribution < 1.29 is 4.79 Å². The van der Waals surface area contributed by atoms with Gasteiger partial charge in [-0.25, -0.2) is 0 Å². The summed E-state index contributed by atoms with van der Waals surface area (Å²) in [6.07, 6.45) is 1.97. The van der Waals surface area contributed by atoms with Gasteiger partial charge in [0.15, 0.2) is 5.41 Å². The number of hydrogen-bond acceptors (Lipinski definition) is 4. The zero-order chi connectivity index (χ0) is 23.9. The number of rotatable bonds is 3. The molecule has 3 aromatic rings. The summed E-state index contributed by atoms with van der Waals surface area (Å²) in [5, 5.41) is 16.8. The predicted octanol–water partition coefficient (Wildman–Crippen LogP) is 5.67. The van der Waals surface area contributed by atoms with Crippen LogP contribution in [-0.4, -0.2) is 11.6 Å². The third-order valence-electron chi connectivity index (χ3n) is 6.48. The fraction of sp³-hybridized carbons (Fsp3) is 0.107. The highest BCUT2D eigenvalue weighted by atomic mass is 35.5. The monoisotopic (exact) mass is 464 g/mol. The highest BCUT2D eigenvalue weighted by molar-refractivity contribution is 6.30. The van der Waals surface area contributed by atoms with E-state index in [1.807, 2.05) is 78.9 Å². The van der Waals surface area contributed by atoms with Crippen molar-refractivity contribution in [2.45, 2.75) is 12.8 Å². The molecule has 5 nitrogen and oxygen atoms in total. The van der Waals surface area contributed by atoms with Crippen molar-refractivity contribution in [1.82, 2.24) is 0 Å². The van der Waals surface area contributed by atoms with Gasteiger partial charge in [-0.3, -0.25) is 4.79 Å². The van der Waals surface area contributed by atoms with Crippen LogP contribution in [0.15, 0.2) is 107 Å². The molecule has 0 bridgehead atoms. The largest absolute Gasteiger partial charge is 0.400 e. The van der Waals surface area contributed by atoms with Crippen molar-refractivity contribution in [3.8, 4) is 6.07 Å². The molecule has 166 valence electrons. The second-order valence-corrected chi connectivity index (χ2v) is 8.74. The maximum atomic E-state index is 14.2. The third-order valence-corrected chi connectivity index (χ3v) is 6.74. The number of carbonyl (C=O) groups is 1. The first-order valence-corrected chi connectivity index (χ1v) is 11.2. The first-order chi connectivity index (χ1) is 16.5. The second-order valence-electron chi connectivity index (χ2n) is 8.30. The van der Waals surface area contributed by atoms with Crippen LogP contribution < -0.4 is 10.7 Å². The number of allylic oxidation sites excluding steroid dienone is 2. The molecule has 2 N–H and O–H groups in total. The number of halogens is 1. The lowest BCUT2D eigenvalue weighted by atomic mass is 9.64. The summed E-state index contributed by atoms with van der Waals surface area (Å²) in [7, 11) is 0. The van der Waals surface area contributed by atoms with E-state index in [1.54, 1.807) is 19.1 Å². The quantitative estimate of drug-likeness (QED) is 0.542. The standard InChI is InChI=1S/C28H21ClN4O/c1-18-28(27(34)33(32-18)22-10-6-3-7-11-22)25(20-8-4-2-5-9-20)16-23(24(17-30)26(28)31)19-12-14-21(29)15-13-19/h2-16,23H,31H2,1H3/t23-,28-/m1/s1. The van der Waals surface area contributed by atoms with Gasteiger partial charge >= 0.3 is 0 Å². The maximum absolute atomic E-state index is 14.2. The Morgan fingerprint density at radius 3 is 2.24 bits per heavy atom. The molecule has 0 unspecified atom stereocenters. The van der Waals surface area contributed by atoms with Crippen LogP contribution in [0.5, 0.6) is 0 Å². The smallest absolute Gasteiger partial charge is 0.269 e. The van der Waals surface area contributed by atoms with E-state index >= 15 is 0 Å². The minimum atomic E-state index is -1.37. The Bertz CT molecular complexity index is 1400. The lowest BCUT2D eigenvalue weighted by Crippen LogP contribution is -2.46. The Morgan fingerprint density at radius 1 is 1.00 bits per heavy atom. The molecule has 34 heavy (non-hydrogen) atoms. The molecule has 2 aliphatic rings. The van der Waals surface area contributed by atoms with Gasteiger partial charge in [-0.1, -0.05) is 78.3 Å². The molecular formula is C28H21ClN4O. The Hall–Kier alpha value is -4.14. The van der Waals surface area contributed by atoms with E-state index in [-0.39, 0.29) is 11.6 Å². The molecule has 3 aromatic carbocycles. The van der Waals surface area contributed by atoms with Gasteiger partial charge in [0.05, 0.1) is 23.0 Å². The van der Waals surface area contributed by atoms with Crippen LogP contribution in [0.25, 0.3) is 5.57 Å². The third kappa shape index (κ3) is 3.15. The molecule has 6 heteroatoms. The van der Waals surface area contributed by atoms with Crippen LogP contribution in [0.4, 0.5) is 5.69 Å². The van der Waals surface area contributed by atoms with Gasteiger partial charge in [-0.2, -0.15) is 15.4 Å². The molecule has 0 aromatic heterocycles. The van der Waals surface area contributed by atoms with Crippen LogP contribution in [-0.2, 0) is 4.79 Å². The Balaban J connectivity index is 1.76. The fourth-order valence-corrected chi connectivity index (χ4v) is 4.96. The fourth-order valence-electron chi connectivity index (χ4n) is 4.83. The molecule has 1 aliphatic heterocycles. The van der Waals surface area contributed by atoms with Crippen molar-refractivity contribution in [2.24, 2.45) is 16.3 Å². The molecule has 1 amide bonds. The molecule has 0 saturated carbocycles. The second kappa shape index (κ2) is 8.33. The summed E-state index contributed by atoms with van der Waals surface area (Å²) in [6, 6.07) is 28.5. The summed E-state index contributed by atoms with van der Waals surface area (Å²) in [5.74, 6) is -0.722. The van der Waals surface area contributed by atoms with E-state index in [9.17, 15) is 10.1 Å². The molecule has 1 spiro atoms. The first kappa shape index (κ1) is 21.7. The first-order valence-electron chi connectivity index (χ1n) is 10.9. The zero-order valence-electron chi connectivity index (χ0n) is 18.4. The number of amides is 1. The van der Waals surface area contributed by atoms with Gasteiger partial charge in [0.25, 0.3) is 5.91 Å². The van der Waals surface area contributed by atoms with E-state index in [0.29, 0.717) is 27.6 Å². The van der Waals surface area contributed by atoms with Crippen molar-refractivity contribution in [3.63, 3.8) is 0 Å². The SMILES string of the molecule is CC1=NN(c2ccccc2)C(=O)[C@@]12C(c1ccccc1)=C[C@H](c1ccc(Cl)cc1)C(C#N)=C2N. The molecule has 0 saturated heterocycles. The number of nitriles is 1. The molecular weight excluding hydrogens is 444 g/mol. The van der Waals surface area contributed by atoms with Gasteiger partial charge in [0, 0.05) is 16.6 Å². The minimum absolute atomic E-state index is 0.209. The summed E-state index contributed by atoms with van der Waals surface area (Å²) in [4.78, 5) is 14.2. The molecule has 0 radical (unpaired) electrons. The van der Waals surface area contributed by atoms with E-state index < -0.39 is 11.3 Å². The number of carbonyl (C=O) groups excluding carboxylic acids is 1. The predicted molar refractivity (Wildman–Crippen MR) is 135 cm³/mol. The topological polar surface area (TPSA) is 82.5 Å². The minimum Gasteiger partial charge on any atom is -0.400 e. The number of hydrazone groups is 1. The lowest BCUT2D eigenvalue weighted by Gasteiger charge is -2.37. The average molecular weight is 465 g/mol. The number of hydrogen-bond donors (Lipinski definition) is 1. The number of anilines is 1. The Kier molecular flexibility index (Phi) is 5.31. The number of nitrogens with zero attached hydrogens (tertiary/aromatic N) is 3. The molecule has 5 rings (SSSR count). The van der Waals surface area contributed by atoms with Crippen LogP contribution >= 0.6 is 11.6 Å². The summed E-state index contributed by atoms with van der Waals surface area (Å²) < 4.78 is 0. The Labute approximate surface area is 203 Å². The highest BCUT2D eigenvalue weighted by Crippen LogP contribution is 2.53. The van der Waals surface area contributed by atoms with Crippen molar-refractivity contribution in [1.29, 1.82) is 5.26 Å². The maximum Gasteiger partial charge on any atom is 0.269 e. The number of nitrogens with two attached hydrogens (primary N) is 1. The molecule has 1 heterocycles. The van der Waals surface area contributed by atoms with Crippen molar-refractivity contribution >= 4 is 34.5 Å². The van der Waals surface area contributed by atoms with Gasteiger partial charge in [0.1, 0.15) is 0 Å². The van der Waals surface area contributed by atoms with Gasteiger partial charge in [0.2, 0.25) is 0 Å². The highest BCUT2D eigenvalue weighted by Gasteiger charge is 2.57. The molecule has 2 atom stereocenters. The summed E-state index contributed by atoms with van der Waals surface area (Å²) in [5.41, 5.74) is 9.57. The summed E-state index contributed by atoms with van der Waals surface area (Å²) >= 11 is 6.10. The van der Waals surface area contributed by atoms with E-state index in [1.165, 1.54) is 5.01 Å². The Morgan fingerprint density at radius 2 is 1.62 bits per heavy atom. The molecule has 0 fully saturated rings. The average Bonchev–Trinajstić information content (AvgIpc) is 3.13. The normalized spacial score (nSPS) is 22.0. The van der Waals surface area contributed by atoms with Crippen molar-refractivity contribution in [2.75, 3.05) is 5.01 Å². The lowest BCUT2D eigenvalue weighted by molar-refractivity contribution is -0.120. The van der Waals surface area contributed by atoms with Gasteiger partial charge < -0.3 is 5.73 Å². The van der Waals surface area contributed by atoms with Gasteiger partial charge in [-0.05, 0) is 47.9 Å².